The number of nitrogens with one attached hydrogen (secondary N) is 2. The SMILES string of the molecule is CNC(=O)c1cc(Oc2ccc(NC(=O)c3cc(-c4ccc(C(C)(C)C)cc4)ccn3)cc2)ccn1. The zero-order chi connectivity index (χ0) is 25.7. The van der Waals surface area contributed by atoms with Crippen LogP contribution < -0.4 is 15.4 Å². The van der Waals surface area contributed by atoms with E-state index in [-0.39, 0.29) is 22.9 Å². The molecule has 0 spiro atoms. The number of hydrogen-bond acceptors (Lipinski definition) is 5. The highest BCUT2D eigenvalue weighted by molar-refractivity contribution is 6.03. The van der Waals surface area contributed by atoms with Crippen LogP contribution in [0.15, 0.2) is 85.2 Å². The lowest BCUT2D eigenvalue weighted by Crippen LogP contribution is -2.18. The van der Waals surface area contributed by atoms with E-state index in [1.807, 2.05) is 6.07 Å². The summed E-state index contributed by atoms with van der Waals surface area (Å²) in [6, 6.07) is 22.2. The van der Waals surface area contributed by atoms with Crippen LogP contribution >= 0.6 is 0 Å². The molecule has 36 heavy (non-hydrogen) atoms. The Morgan fingerprint density at radius 3 is 2.00 bits per heavy atom. The maximum absolute atomic E-state index is 12.8. The molecule has 182 valence electrons. The molecule has 0 radical (unpaired) electrons. The Morgan fingerprint density at radius 1 is 0.722 bits per heavy atom. The number of aromatic nitrogens is 2. The lowest BCUT2D eigenvalue weighted by molar-refractivity contribution is 0.0957. The number of hydrogen-bond donors (Lipinski definition) is 2. The summed E-state index contributed by atoms with van der Waals surface area (Å²) in [5.41, 5.74) is 4.47. The van der Waals surface area contributed by atoms with Gasteiger partial charge in [0.05, 0.1) is 0 Å². The fourth-order valence-corrected chi connectivity index (χ4v) is 3.56. The third-order valence-corrected chi connectivity index (χ3v) is 5.62. The molecule has 2 amide bonds. The molecule has 0 fully saturated rings. The van der Waals surface area contributed by atoms with Crippen molar-refractivity contribution in [3.8, 4) is 22.6 Å². The van der Waals surface area contributed by atoms with Gasteiger partial charge in [-0.3, -0.25) is 19.6 Å². The van der Waals surface area contributed by atoms with Crippen LogP contribution in [0.4, 0.5) is 5.69 Å². The fourth-order valence-electron chi connectivity index (χ4n) is 3.56. The highest BCUT2D eigenvalue weighted by atomic mass is 16.5. The van der Waals surface area contributed by atoms with Crippen molar-refractivity contribution in [1.29, 1.82) is 0 Å². The molecule has 2 N–H and O–H groups in total. The number of pyridine rings is 2. The summed E-state index contributed by atoms with van der Waals surface area (Å²) in [6.07, 6.45) is 3.15. The Kier molecular flexibility index (Phi) is 7.10. The molecule has 0 aliphatic heterocycles. The van der Waals surface area contributed by atoms with Crippen molar-refractivity contribution in [2.24, 2.45) is 0 Å². The van der Waals surface area contributed by atoms with Gasteiger partial charge in [-0.05, 0) is 64.6 Å². The average Bonchev–Trinajstić information content (AvgIpc) is 2.89. The Hall–Kier alpha value is -4.52. The van der Waals surface area contributed by atoms with E-state index in [9.17, 15) is 9.59 Å². The van der Waals surface area contributed by atoms with Crippen LogP contribution in [0.1, 0.15) is 47.3 Å². The van der Waals surface area contributed by atoms with Gasteiger partial charge < -0.3 is 15.4 Å². The number of anilines is 1. The van der Waals surface area contributed by atoms with Crippen molar-refractivity contribution in [3.63, 3.8) is 0 Å². The van der Waals surface area contributed by atoms with Gasteiger partial charge in [0.15, 0.2) is 0 Å². The standard InChI is InChI=1S/C29H28N4O3/c1-29(2,3)21-7-5-19(6-8-21)20-13-15-31-25(17-20)28(35)33-22-9-11-23(12-10-22)36-24-14-16-32-26(18-24)27(34)30-4/h5-18H,1-4H3,(H,30,34)(H,33,35). The van der Waals surface area contributed by atoms with Crippen LogP contribution in [0, 0.1) is 0 Å². The van der Waals surface area contributed by atoms with Crippen LogP contribution in [-0.4, -0.2) is 28.8 Å². The van der Waals surface area contributed by atoms with E-state index in [4.69, 9.17) is 4.74 Å². The predicted octanol–water partition coefficient (Wildman–Crippen LogP) is 5.85. The topological polar surface area (TPSA) is 93.2 Å². The van der Waals surface area contributed by atoms with Crippen LogP contribution in [0.25, 0.3) is 11.1 Å². The van der Waals surface area contributed by atoms with Crippen LogP contribution in [0.2, 0.25) is 0 Å². The first kappa shape index (κ1) is 24.6. The normalized spacial score (nSPS) is 11.0. The Labute approximate surface area is 210 Å². The zero-order valence-electron chi connectivity index (χ0n) is 20.7. The van der Waals surface area contributed by atoms with Crippen molar-refractivity contribution in [3.05, 3.63) is 102 Å². The van der Waals surface area contributed by atoms with Crippen molar-refractivity contribution in [2.75, 3.05) is 12.4 Å². The summed E-state index contributed by atoms with van der Waals surface area (Å²) in [6.45, 7) is 6.54. The molecule has 2 aromatic heterocycles. The van der Waals surface area contributed by atoms with Crippen LogP contribution in [0.3, 0.4) is 0 Å². The van der Waals surface area contributed by atoms with Crippen molar-refractivity contribution in [1.82, 2.24) is 15.3 Å². The number of rotatable bonds is 6. The second-order valence-corrected chi connectivity index (χ2v) is 9.29. The van der Waals surface area contributed by atoms with Crippen LogP contribution in [-0.2, 0) is 5.41 Å². The Bertz CT molecular complexity index is 1380. The minimum absolute atomic E-state index is 0.0786. The molecular formula is C29H28N4O3. The van der Waals surface area contributed by atoms with Crippen molar-refractivity contribution < 1.29 is 14.3 Å². The minimum Gasteiger partial charge on any atom is -0.457 e. The lowest BCUT2D eigenvalue weighted by atomic mass is 9.86. The monoisotopic (exact) mass is 480 g/mol. The summed E-state index contributed by atoms with van der Waals surface area (Å²) < 4.78 is 5.81. The first-order chi connectivity index (χ1) is 17.2. The highest BCUT2D eigenvalue weighted by Gasteiger charge is 2.14. The molecule has 0 saturated carbocycles. The molecule has 0 saturated heterocycles. The van der Waals surface area contributed by atoms with E-state index in [0.29, 0.717) is 22.9 Å². The smallest absolute Gasteiger partial charge is 0.274 e. The molecule has 2 aromatic carbocycles. The number of ether oxygens (including phenoxy) is 1. The number of carbonyl (C=O) groups excluding carboxylic acids is 2. The molecule has 0 aliphatic carbocycles. The summed E-state index contributed by atoms with van der Waals surface area (Å²) in [7, 11) is 1.54. The van der Waals surface area contributed by atoms with E-state index < -0.39 is 0 Å². The quantitative estimate of drug-likeness (QED) is 0.361. The van der Waals surface area contributed by atoms with E-state index in [1.54, 1.807) is 55.7 Å². The van der Waals surface area contributed by atoms with E-state index >= 15 is 0 Å². The molecule has 0 atom stereocenters. The molecule has 2 heterocycles. The molecular weight excluding hydrogens is 452 g/mol. The van der Waals surface area contributed by atoms with Gasteiger partial charge in [0.25, 0.3) is 11.8 Å². The molecule has 0 aliphatic rings. The molecule has 7 heteroatoms. The predicted molar refractivity (Wildman–Crippen MR) is 140 cm³/mol. The highest BCUT2D eigenvalue weighted by Crippen LogP contribution is 2.27. The molecule has 0 unspecified atom stereocenters. The van der Waals surface area contributed by atoms with Gasteiger partial charge in [-0.15, -0.1) is 0 Å². The van der Waals surface area contributed by atoms with Gasteiger partial charge in [-0.25, -0.2) is 0 Å². The number of carbonyl (C=O) groups is 2. The van der Waals surface area contributed by atoms with Gasteiger partial charge in [-0.1, -0.05) is 45.0 Å². The Morgan fingerprint density at radius 2 is 1.36 bits per heavy atom. The fraction of sp³-hybridized carbons (Fsp3) is 0.172. The van der Waals surface area contributed by atoms with E-state index in [2.05, 4.69) is 65.6 Å². The second-order valence-electron chi connectivity index (χ2n) is 9.29. The number of nitrogens with zero attached hydrogens (tertiary/aromatic N) is 2. The maximum Gasteiger partial charge on any atom is 0.274 e. The first-order valence-corrected chi connectivity index (χ1v) is 11.6. The number of benzene rings is 2. The molecule has 7 nitrogen and oxygen atoms in total. The summed E-state index contributed by atoms with van der Waals surface area (Å²) >= 11 is 0. The molecule has 4 rings (SSSR count). The van der Waals surface area contributed by atoms with Gasteiger partial charge >= 0.3 is 0 Å². The van der Waals surface area contributed by atoms with Crippen LogP contribution in [0.5, 0.6) is 11.5 Å². The second kappa shape index (κ2) is 10.4. The number of amides is 2. The average molecular weight is 481 g/mol. The third-order valence-electron chi connectivity index (χ3n) is 5.62. The Balaban J connectivity index is 1.43. The molecule has 4 aromatic rings. The van der Waals surface area contributed by atoms with Gasteiger partial charge in [0.1, 0.15) is 22.9 Å². The first-order valence-electron chi connectivity index (χ1n) is 11.6. The minimum atomic E-state index is -0.304. The van der Waals surface area contributed by atoms with E-state index in [0.717, 1.165) is 11.1 Å². The van der Waals surface area contributed by atoms with Gasteiger partial charge in [0, 0.05) is 31.2 Å². The largest absolute Gasteiger partial charge is 0.457 e. The van der Waals surface area contributed by atoms with E-state index in [1.165, 1.54) is 11.8 Å². The van der Waals surface area contributed by atoms with Gasteiger partial charge in [0.2, 0.25) is 0 Å². The third kappa shape index (κ3) is 5.93. The lowest BCUT2D eigenvalue weighted by Gasteiger charge is -2.19. The van der Waals surface area contributed by atoms with Crippen molar-refractivity contribution in [2.45, 2.75) is 26.2 Å². The summed E-state index contributed by atoms with van der Waals surface area (Å²) in [5, 5.41) is 5.40. The van der Waals surface area contributed by atoms with Gasteiger partial charge in [-0.2, -0.15) is 0 Å². The van der Waals surface area contributed by atoms with Crippen molar-refractivity contribution >= 4 is 17.5 Å². The zero-order valence-corrected chi connectivity index (χ0v) is 20.7. The summed E-state index contributed by atoms with van der Waals surface area (Å²) in [5.74, 6) is 0.442. The maximum atomic E-state index is 12.8. The summed E-state index contributed by atoms with van der Waals surface area (Å²) in [4.78, 5) is 32.9. The molecule has 0 bridgehead atoms.